The number of hydrogen-bond acceptors (Lipinski definition) is 4. The van der Waals surface area contributed by atoms with Crippen LogP contribution in [-0.2, 0) is 22.3 Å². The summed E-state index contributed by atoms with van der Waals surface area (Å²) >= 11 is 0. The third kappa shape index (κ3) is 4.98. The summed E-state index contributed by atoms with van der Waals surface area (Å²) in [6, 6.07) is 11.5. The van der Waals surface area contributed by atoms with E-state index in [4.69, 9.17) is 10.5 Å². The first kappa shape index (κ1) is 19.3. The average molecular weight is 366 g/mol. The van der Waals surface area contributed by atoms with Crippen molar-refractivity contribution >= 4 is 17.6 Å². The summed E-state index contributed by atoms with van der Waals surface area (Å²) in [6.07, 6.45) is -4.56. The highest BCUT2D eigenvalue weighted by molar-refractivity contribution is 5.96. The highest BCUT2D eigenvalue weighted by Crippen LogP contribution is 2.31. The fourth-order valence-corrected chi connectivity index (χ4v) is 2.19. The zero-order chi connectivity index (χ0) is 19.3. The summed E-state index contributed by atoms with van der Waals surface area (Å²) in [5.74, 6) is -1.41. The van der Waals surface area contributed by atoms with Gasteiger partial charge in [0, 0.05) is 19.3 Å². The maximum absolute atomic E-state index is 12.6. The van der Waals surface area contributed by atoms with Crippen LogP contribution in [0.3, 0.4) is 0 Å². The van der Waals surface area contributed by atoms with Gasteiger partial charge in [0.05, 0.1) is 11.1 Å². The van der Waals surface area contributed by atoms with Crippen LogP contribution in [0.2, 0.25) is 0 Å². The number of ether oxygens (including phenoxy) is 1. The number of alkyl halides is 3. The molecule has 2 rings (SSSR count). The van der Waals surface area contributed by atoms with E-state index in [-0.39, 0.29) is 11.3 Å². The number of benzene rings is 2. The van der Waals surface area contributed by atoms with Crippen molar-refractivity contribution in [3.8, 4) is 0 Å². The van der Waals surface area contributed by atoms with Gasteiger partial charge >= 0.3 is 12.1 Å². The minimum atomic E-state index is -4.56. The average Bonchev–Trinajstić information content (AvgIpc) is 2.59. The van der Waals surface area contributed by atoms with E-state index in [2.05, 4.69) is 0 Å². The summed E-state index contributed by atoms with van der Waals surface area (Å²) in [4.78, 5) is 25.4. The van der Waals surface area contributed by atoms with Crippen LogP contribution in [0.4, 0.5) is 18.9 Å². The number of carbonyl (C=O) groups excluding carboxylic acids is 2. The van der Waals surface area contributed by atoms with Crippen LogP contribution in [0.1, 0.15) is 21.5 Å². The molecule has 0 spiro atoms. The Bertz CT molecular complexity index is 792. The summed E-state index contributed by atoms with van der Waals surface area (Å²) in [7, 11) is 1.55. The molecular formula is C18H17F3N2O3. The first-order chi connectivity index (χ1) is 12.2. The predicted octanol–water partition coefficient (Wildman–Crippen LogP) is 3.10. The molecule has 0 atom stereocenters. The molecule has 0 fully saturated rings. The zero-order valence-electron chi connectivity index (χ0n) is 13.9. The molecule has 5 nitrogen and oxygen atoms in total. The molecule has 1 amide bonds. The first-order valence-corrected chi connectivity index (χ1v) is 7.60. The lowest BCUT2D eigenvalue weighted by Crippen LogP contribution is -2.30. The molecule has 2 N–H and O–H groups in total. The van der Waals surface area contributed by atoms with Gasteiger partial charge in [-0.15, -0.1) is 0 Å². The van der Waals surface area contributed by atoms with Gasteiger partial charge in [-0.1, -0.05) is 30.3 Å². The normalized spacial score (nSPS) is 11.1. The smallest absolute Gasteiger partial charge is 0.416 e. The molecule has 138 valence electrons. The van der Waals surface area contributed by atoms with Crippen molar-refractivity contribution in [2.45, 2.75) is 12.7 Å². The van der Waals surface area contributed by atoms with Gasteiger partial charge in [0.2, 0.25) is 0 Å². The highest BCUT2D eigenvalue weighted by atomic mass is 19.4. The third-order valence-electron chi connectivity index (χ3n) is 3.61. The molecule has 26 heavy (non-hydrogen) atoms. The summed E-state index contributed by atoms with van der Waals surface area (Å²) in [5, 5.41) is 0. The number of nitrogens with zero attached hydrogens (tertiary/aromatic N) is 1. The van der Waals surface area contributed by atoms with Crippen LogP contribution >= 0.6 is 0 Å². The Hall–Kier alpha value is -3.03. The lowest BCUT2D eigenvalue weighted by atomic mass is 10.1. The molecule has 0 unspecified atom stereocenters. The lowest BCUT2D eigenvalue weighted by Gasteiger charge is -2.17. The van der Waals surface area contributed by atoms with Gasteiger partial charge < -0.3 is 15.4 Å². The number of amides is 1. The van der Waals surface area contributed by atoms with Gasteiger partial charge in [-0.3, -0.25) is 4.79 Å². The maximum Gasteiger partial charge on any atom is 0.416 e. The highest BCUT2D eigenvalue weighted by Gasteiger charge is 2.31. The quantitative estimate of drug-likeness (QED) is 0.652. The molecule has 0 aromatic heterocycles. The van der Waals surface area contributed by atoms with Crippen LogP contribution < -0.4 is 5.73 Å². The van der Waals surface area contributed by atoms with Crippen molar-refractivity contribution in [1.29, 1.82) is 0 Å². The molecule has 0 aliphatic heterocycles. The Morgan fingerprint density at radius 3 is 2.35 bits per heavy atom. The number of halogens is 3. The molecule has 0 radical (unpaired) electrons. The van der Waals surface area contributed by atoms with Crippen molar-refractivity contribution in [1.82, 2.24) is 4.90 Å². The molecule has 2 aromatic rings. The van der Waals surface area contributed by atoms with Crippen LogP contribution in [0, 0.1) is 0 Å². The van der Waals surface area contributed by atoms with Gasteiger partial charge in [-0.25, -0.2) is 4.79 Å². The van der Waals surface area contributed by atoms with Gasteiger partial charge in [-0.2, -0.15) is 13.2 Å². The number of nitrogens with two attached hydrogens (primary N) is 1. The molecule has 2 aromatic carbocycles. The number of rotatable bonds is 5. The number of likely N-dealkylation sites (N-methyl/N-ethyl adjacent to an activating group) is 1. The minimum Gasteiger partial charge on any atom is -0.452 e. The molecular weight excluding hydrogens is 349 g/mol. The molecule has 0 saturated heterocycles. The Morgan fingerprint density at radius 2 is 1.77 bits per heavy atom. The summed E-state index contributed by atoms with van der Waals surface area (Å²) in [5.41, 5.74) is 4.84. The van der Waals surface area contributed by atoms with E-state index < -0.39 is 30.2 Å². The van der Waals surface area contributed by atoms with E-state index in [1.54, 1.807) is 7.05 Å². The zero-order valence-corrected chi connectivity index (χ0v) is 13.9. The van der Waals surface area contributed by atoms with Crippen molar-refractivity contribution in [2.24, 2.45) is 0 Å². The predicted molar refractivity (Wildman–Crippen MR) is 89.1 cm³/mol. The van der Waals surface area contributed by atoms with E-state index in [9.17, 15) is 22.8 Å². The Labute approximate surface area is 148 Å². The second-order valence-electron chi connectivity index (χ2n) is 5.61. The van der Waals surface area contributed by atoms with Crippen molar-refractivity contribution in [3.63, 3.8) is 0 Å². The Kier molecular flexibility index (Phi) is 5.86. The van der Waals surface area contributed by atoms with E-state index in [0.29, 0.717) is 12.6 Å². The van der Waals surface area contributed by atoms with E-state index >= 15 is 0 Å². The largest absolute Gasteiger partial charge is 0.452 e. The van der Waals surface area contributed by atoms with E-state index in [0.717, 1.165) is 17.7 Å². The number of nitrogen functional groups attached to an aromatic ring is 1. The molecule has 8 heteroatoms. The molecule has 0 saturated carbocycles. The summed E-state index contributed by atoms with van der Waals surface area (Å²) < 4.78 is 42.7. The number of hydrogen-bond donors (Lipinski definition) is 1. The van der Waals surface area contributed by atoms with Gasteiger partial charge in [0.25, 0.3) is 5.91 Å². The Balaban J connectivity index is 1.94. The number of esters is 1. The van der Waals surface area contributed by atoms with Gasteiger partial charge in [0.15, 0.2) is 6.61 Å². The fraction of sp³-hybridized carbons (Fsp3) is 0.222. The lowest BCUT2D eigenvalue weighted by molar-refractivity contribution is -0.137. The third-order valence-corrected chi connectivity index (χ3v) is 3.61. The first-order valence-electron chi connectivity index (χ1n) is 7.60. The second-order valence-corrected chi connectivity index (χ2v) is 5.61. The summed E-state index contributed by atoms with van der Waals surface area (Å²) in [6.45, 7) is -0.206. The monoisotopic (exact) mass is 366 g/mol. The molecule has 0 aliphatic carbocycles. The fourth-order valence-electron chi connectivity index (χ4n) is 2.19. The SMILES string of the molecule is CN(Cc1ccccc1)C(=O)COC(=O)c1ccc(C(F)(F)F)cc1N. The van der Waals surface area contributed by atoms with Gasteiger partial charge in [0.1, 0.15) is 0 Å². The van der Waals surface area contributed by atoms with Crippen LogP contribution in [-0.4, -0.2) is 30.4 Å². The van der Waals surface area contributed by atoms with Crippen molar-refractivity contribution < 1.29 is 27.5 Å². The standard InChI is InChI=1S/C18H17F3N2O3/c1-23(10-12-5-3-2-4-6-12)16(24)11-26-17(25)14-8-7-13(9-15(14)22)18(19,20)21/h2-9H,10-11,22H2,1H3. The molecule has 0 heterocycles. The van der Waals surface area contributed by atoms with Crippen LogP contribution in [0.15, 0.2) is 48.5 Å². The minimum absolute atomic E-state index is 0.225. The van der Waals surface area contributed by atoms with Gasteiger partial charge in [-0.05, 0) is 23.8 Å². The van der Waals surface area contributed by atoms with Crippen LogP contribution in [0.5, 0.6) is 0 Å². The van der Waals surface area contributed by atoms with Crippen molar-refractivity contribution in [2.75, 3.05) is 19.4 Å². The van der Waals surface area contributed by atoms with Crippen molar-refractivity contribution in [3.05, 3.63) is 65.2 Å². The Morgan fingerprint density at radius 1 is 1.12 bits per heavy atom. The second kappa shape index (κ2) is 7.90. The van der Waals surface area contributed by atoms with Crippen LogP contribution in [0.25, 0.3) is 0 Å². The number of carbonyl (C=O) groups is 2. The topological polar surface area (TPSA) is 72.6 Å². The number of anilines is 1. The molecule has 0 aliphatic rings. The maximum atomic E-state index is 12.6. The molecule has 0 bridgehead atoms. The van der Waals surface area contributed by atoms with E-state index in [1.165, 1.54) is 4.90 Å². The van der Waals surface area contributed by atoms with E-state index in [1.807, 2.05) is 30.3 Å².